The van der Waals surface area contributed by atoms with E-state index in [1.807, 2.05) is 13.2 Å². The number of ether oxygens (including phenoxy) is 1. The third-order valence-corrected chi connectivity index (χ3v) is 5.00. The highest BCUT2D eigenvalue weighted by atomic mass is 127. The van der Waals surface area contributed by atoms with E-state index in [4.69, 9.17) is 4.74 Å². The molecule has 2 aliphatic rings. The number of pyridine rings is 1. The zero-order valence-corrected chi connectivity index (χ0v) is 18.2. The number of aromatic nitrogens is 1. The normalized spacial score (nSPS) is 21.8. The molecule has 2 fully saturated rings. The number of morpholine rings is 1. The highest BCUT2D eigenvalue weighted by molar-refractivity contribution is 14.0. The number of hydrogen-bond donors (Lipinski definition) is 2. The van der Waals surface area contributed by atoms with Crippen LogP contribution in [0.5, 0.6) is 0 Å². The van der Waals surface area contributed by atoms with Gasteiger partial charge in [0.05, 0.1) is 12.7 Å². The van der Waals surface area contributed by atoms with Crippen LogP contribution in [0, 0.1) is 0 Å². The van der Waals surface area contributed by atoms with E-state index < -0.39 is 0 Å². The average molecular weight is 473 g/mol. The first kappa shape index (κ1) is 21.2. The van der Waals surface area contributed by atoms with Gasteiger partial charge in [-0.25, -0.2) is 4.98 Å². The quantitative estimate of drug-likeness (QED) is 0.400. The van der Waals surface area contributed by atoms with Gasteiger partial charge in [0, 0.05) is 38.9 Å². The molecule has 1 aromatic heterocycles. The molecule has 0 aromatic carbocycles. The fourth-order valence-corrected chi connectivity index (χ4v) is 3.56. The minimum Gasteiger partial charge on any atom is -0.375 e. The summed E-state index contributed by atoms with van der Waals surface area (Å²) in [5, 5.41) is 6.94. The van der Waals surface area contributed by atoms with Crippen molar-refractivity contribution >= 4 is 35.8 Å². The highest BCUT2D eigenvalue weighted by Gasteiger charge is 2.18. The lowest BCUT2D eigenvalue weighted by molar-refractivity contribution is 0.0529. The molecule has 146 valence electrons. The van der Waals surface area contributed by atoms with Crippen molar-refractivity contribution in [3.8, 4) is 0 Å². The Bertz CT molecular complexity index is 560. The van der Waals surface area contributed by atoms with Crippen molar-refractivity contribution in [1.29, 1.82) is 0 Å². The molecule has 1 atom stereocenters. The Hall–Kier alpha value is -1.09. The van der Waals surface area contributed by atoms with Crippen molar-refractivity contribution in [2.45, 2.75) is 57.7 Å². The second-order valence-electron chi connectivity index (χ2n) is 7.06. The van der Waals surface area contributed by atoms with E-state index in [-0.39, 0.29) is 30.1 Å². The molecule has 1 aromatic rings. The summed E-state index contributed by atoms with van der Waals surface area (Å²) in [6.07, 6.45) is 8.72. The van der Waals surface area contributed by atoms with E-state index in [9.17, 15) is 0 Å². The van der Waals surface area contributed by atoms with Crippen LogP contribution in [0.3, 0.4) is 0 Å². The smallest absolute Gasteiger partial charge is 0.191 e. The van der Waals surface area contributed by atoms with E-state index in [0.29, 0.717) is 6.04 Å². The summed E-state index contributed by atoms with van der Waals surface area (Å²) in [5.41, 5.74) is 1.16. The van der Waals surface area contributed by atoms with Crippen LogP contribution in [-0.4, -0.2) is 49.8 Å². The molecule has 1 saturated carbocycles. The predicted octanol–water partition coefficient (Wildman–Crippen LogP) is 2.92. The average Bonchev–Trinajstić information content (AvgIpc) is 2.66. The Morgan fingerprint density at radius 3 is 2.77 bits per heavy atom. The lowest BCUT2D eigenvalue weighted by Crippen LogP contribution is -2.43. The van der Waals surface area contributed by atoms with Crippen molar-refractivity contribution in [2.24, 2.45) is 4.99 Å². The third kappa shape index (κ3) is 6.26. The molecule has 7 heteroatoms. The Morgan fingerprint density at radius 1 is 1.31 bits per heavy atom. The largest absolute Gasteiger partial charge is 0.375 e. The van der Waals surface area contributed by atoms with Gasteiger partial charge in [-0.15, -0.1) is 24.0 Å². The van der Waals surface area contributed by atoms with Gasteiger partial charge >= 0.3 is 0 Å². The van der Waals surface area contributed by atoms with Crippen molar-refractivity contribution in [1.82, 2.24) is 15.6 Å². The van der Waals surface area contributed by atoms with E-state index in [1.54, 1.807) is 0 Å². The van der Waals surface area contributed by atoms with Crippen LogP contribution >= 0.6 is 24.0 Å². The number of nitrogens with one attached hydrogen (secondary N) is 2. The fourth-order valence-electron chi connectivity index (χ4n) is 3.56. The second kappa shape index (κ2) is 10.9. The van der Waals surface area contributed by atoms with Gasteiger partial charge in [0.2, 0.25) is 0 Å². The summed E-state index contributed by atoms with van der Waals surface area (Å²) in [4.78, 5) is 11.3. The number of guanidine groups is 1. The van der Waals surface area contributed by atoms with Crippen LogP contribution in [0.4, 0.5) is 5.82 Å². The van der Waals surface area contributed by atoms with Gasteiger partial charge in [0.25, 0.3) is 0 Å². The van der Waals surface area contributed by atoms with Gasteiger partial charge < -0.3 is 20.3 Å². The number of halogens is 1. The molecule has 0 bridgehead atoms. The monoisotopic (exact) mass is 473 g/mol. The number of nitrogens with zero attached hydrogens (tertiary/aromatic N) is 3. The number of aliphatic imine (C=N–C) groups is 1. The topological polar surface area (TPSA) is 61.8 Å². The maximum Gasteiger partial charge on any atom is 0.191 e. The van der Waals surface area contributed by atoms with E-state index in [2.05, 4.69) is 44.6 Å². The Morgan fingerprint density at radius 2 is 2.12 bits per heavy atom. The first-order valence-corrected chi connectivity index (χ1v) is 9.53. The molecule has 2 N–H and O–H groups in total. The number of rotatable bonds is 4. The summed E-state index contributed by atoms with van der Waals surface area (Å²) in [6, 6.07) is 4.80. The second-order valence-corrected chi connectivity index (χ2v) is 7.06. The Labute approximate surface area is 174 Å². The zero-order chi connectivity index (χ0) is 17.5. The first-order chi connectivity index (χ1) is 12.2. The van der Waals surface area contributed by atoms with Crippen LogP contribution in [0.2, 0.25) is 0 Å². The molecule has 0 radical (unpaired) electrons. The van der Waals surface area contributed by atoms with Crippen LogP contribution in [0.1, 0.15) is 44.6 Å². The maximum atomic E-state index is 5.59. The fraction of sp³-hybridized carbons (Fsp3) is 0.684. The van der Waals surface area contributed by atoms with Gasteiger partial charge in [-0.2, -0.15) is 0 Å². The lowest BCUT2D eigenvalue weighted by Gasteiger charge is -2.32. The molecule has 3 rings (SSSR count). The van der Waals surface area contributed by atoms with Gasteiger partial charge in [0.15, 0.2) is 5.96 Å². The third-order valence-electron chi connectivity index (χ3n) is 5.00. The van der Waals surface area contributed by atoms with Crippen molar-refractivity contribution < 1.29 is 4.74 Å². The van der Waals surface area contributed by atoms with Crippen molar-refractivity contribution in [3.63, 3.8) is 0 Å². The summed E-state index contributed by atoms with van der Waals surface area (Å²) in [6.45, 7) is 5.43. The van der Waals surface area contributed by atoms with Crippen LogP contribution in [0.25, 0.3) is 0 Å². The molecule has 1 saturated heterocycles. The van der Waals surface area contributed by atoms with Gasteiger partial charge in [0.1, 0.15) is 5.82 Å². The van der Waals surface area contributed by atoms with E-state index >= 15 is 0 Å². The van der Waals surface area contributed by atoms with Crippen molar-refractivity contribution in [2.75, 3.05) is 31.6 Å². The molecule has 0 amide bonds. The van der Waals surface area contributed by atoms with Gasteiger partial charge in [-0.1, -0.05) is 25.3 Å². The minimum atomic E-state index is 0. The summed E-state index contributed by atoms with van der Waals surface area (Å²) >= 11 is 0. The number of anilines is 1. The summed E-state index contributed by atoms with van der Waals surface area (Å²) in [5.74, 6) is 1.92. The molecule has 26 heavy (non-hydrogen) atoms. The standard InChI is InChI=1S/C19H31N5O.HI/c1-15-14-24(10-11-25-15)18-9-8-16(12-21-18)13-22-19(20-2)23-17-6-4-3-5-7-17;/h8-9,12,15,17H,3-7,10-11,13-14H2,1-2H3,(H2,20,22,23);1H. The Balaban J connectivity index is 0.00000243. The highest BCUT2D eigenvalue weighted by Crippen LogP contribution is 2.17. The SMILES string of the molecule is CN=C(NCc1ccc(N2CCOC(C)C2)nc1)NC1CCCCC1.I. The molecule has 2 heterocycles. The van der Waals surface area contributed by atoms with Crippen LogP contribution in [-0.2, 0) is 11.3 Å². The van der Waals surface area contributed by atoms with Gasteiger partial charge in [-0.3, -0.25) is 4.99 Å². The molecule has 0 spiro atoms. The first-order valence-electron chi connectivity index (χ1n) is 9.53. The molecule has 1 aliphatic carbocycles. The zero-order valence-electron chi connectivity index (χ0n) is 15.9. The van der Waals surface area contributed by atoms with Crippen LogP contribution in [0.15, 0.2) is 23.3 Å². The predicted molar refractivity (Wildman–Crippen MR) is 117 cm³/mol. The maximum absolute atomic E-state index is 5.59. The Kier molecular flexibility index (Phi) is 8.90. The van der Waals surface area contributed by atoms with E-state index in [1.165, 1.54) is 32.1 Å². The van der Waals surface area contributed by atoms with E-state index in [0.717, 1.165) is 43.6 Å². The molecule has 6 nitrogen and oxygen atoms in total. The van der Waals surface area contributed by atoms with Gasteiger partial charge in [-0.05, 0) is 31.4 Å². The minimum absolute atomic E-state index is 0. The molecule has 1 unspecified atom stereocenters. The summed E-state index contributed by atoms with van der Waals surface area (Å²) < 4.78 is 5.59. The molecular formula is C19H32IN5O. The number of hydrogen-bond acceptors (Lipinski definition) is 4. The summed E-state index contributed by atoms with van der Waals surface area (Å²) in [7, 11) is 1.83. The van der Waals surface area contributed by atoms with Crippen molar-refractivity contribution in [3.05, 3.63) is 23.9 Å². The lowest BCUT2D eigenvalue weighted by atomic mass is 9.96. The van der Waals surface area contributed by atoms with Crippen LogP contribution < -0.4 is 15.5 Å². The molecule has 1 aliphatic heterocycles. The molecular weight excluding hydrogens is 441 g/mol.